The van der Waals surface area contributed by atoms with Gasteiger partial charge in [0.25, 0.3) is 0 Å². The molecular formula is C13H16FNO3. The van der Waals surface area contributed by atoms with Crippen molar-refractivity contribution >= 4 is 11.7 Å². The van der Waals surface area contributed by atoms with Crippen LogP contribution in [0, 0.1) is 11.2 Å². The van der Waals surface area contributed by atoms with E-state index >= 15 is 0 Å². The fraction of sp³-hybridized carbons (Fsp3) is 0.462. The number of methoxy groups -OCH3 is 2. The van der Waals surface area contributed by atoms with Gasteiger partial charge in [0.2, 0.25) is 0 Å². The molecule has 18 heavy (non-hydrogen) atoms. The van der Waals surface area contributed by atoms with Gasteiger partial charge in [0.1, 0.15) is 0 Å². The first-order chi connectivity index (χ1) is 8.61. The number of anilines is 1. The number of hydrogen-bond acceptors (Lipinski definition) is 4. The van der Waals surface area contributed by atoms with Crippen LogP contribution >= 0.6 is 0 Å². The smallest absolute Gasteiger partial charge is 0.313 e. The van der Waals surface area contributed by atoms with Gasteiger partial charge in [0, 0.05) is 18.3 Å². The van der Waals surface area contributed by atoms with Crippen molar-refractivity contribution in [3.63, 3.8) is 0 Å². The first-order valence-corrected chi connectivity index (χ1v) is 5.77. The number of halogens is 1. The molecule has 0 radical (unpaired) electrons. The van der Waals surface area contributed by atoms with Crippen molar-refractivity contribution < 1.29 is 18.7 Å². The highest BCUT2D eigenvalue weighted by Gasteiger charge is 2.50. The zero-order valence-electron chi connectivity index (χ0n) is 10.5. The summed E-state index contributed by atoms with van der Waals surface area (Å²) in [6, 6.07) is 4.62. The quantitative estimate of drug-likeness (QED) is 0.817. The van der Waals surface area contributed by atoms with Gasteiger partial charge in [-0.05, 0) is 25.0 Å². The van der Waals surface area contributed by atoms with Crippen LogP contribution in [0.25, 0.3) is 0 Å². The maximum atomic E-state index is 13.5. The van der Waals surface area contributed by atoms with Crippen LogP contribution in [0.2, 0.25) is 0 Å². The Morgan fingerprint density at radius 1 is 1.44 bits per heavy atom. The van der Waals surface area contributed by atoms with Crippen LogP contribution in [0.4, 0.5) is 10.1 Å². The number of ether oxygens (including phenoxy) is 2. The number of hydrogen-bond donors (Lipinski definition) is 1. The number of rotatable bonds is 5. The lowest BCUT2D eigenvalue weighted by Crippen LogP contribution is -2.25. The second kappa shape index (κ2) is 4.84. The average molecular weight is 253 g/mol. The van der Waals surface area contributed by atoms with E-state index in [1.54, 1.807) is 12.1 Å². The van der Waals surface area contributed by atoms with Gasteiger partial charge in [-0.1, -0.05) is 0 Å². The van der Waals surface area contributed by atoms with E-state index in [4.69, 9.17) is 9.47 Å². The van der Waals surface area contributed by atoms with Crippen molar-refractivity contribution in [2.45, 2.75) is 12.8 Å². The van der Waals surface area contributed by atoms with Gasteiger partial charge in [-0.15, -0.1) is 0 Å². The van der Waals surface area contributed by atoms with Crippen LogP contribution in [0.15, 0.2) is 18.2 Å². The summed E-state index contributed by atoms with van der Waals surface area (Å²) in [5.41, 5.74) is 0.203. The molecule has 0 spiro atoms. The van der Waals surface area contributed by atoms with Gasteiger partial charge in [0.05, 0.1) is 19.6 Å². The summed E-state index contributed by atoms with van der Waals surface area (Å²) in [5.74, 6) is -0.427. The van der Waals surface area contributed by atoms with E-state index in [1.165, 1.54) is 20.3 Å². The molecule has 0 aromatic heterocycles. The van der Waals surface area contributed by atoms with E-state index in [1.807, 2.05) is 0 Å². The summed E-state index contributed by atoms with van der Waals surface area (Å²) in [5, 5.41) is 3.06. The molecule has 1 saturated carbocycles. The standard InChI is InChI=1S/C13H16FNO3/c1-17-11-4-3-9(7-10(11)14)15-8-13(5-6-13)12(16)18-2/h3-4,7,15H,5-6,8H2,1-2H3. The SMILES string of the molecule is COC(=O)C1(CNc2ccc(OC)c(F)c2)CC1. The summed E-state index contributed by atoms with van der Waals surface area (Å²) in [6.07, 6.45) is 1.62. The lowest BCUT2D eigenvalue weighted by molar-refractivity contribution is -0.146. The Kier molecular flexibility index (Phi) is 3.41. The maximum absolute atomic E-state index is 13.5. The lowest BCUT2D eigenvalue weighted by atomic mass is 10.1. The Labute approximate surface area is 105 Å². The maximum Gasteiger partial charge on any atom is 0.313 e. The van der Waals surface area contributed by atoms with Crippen molar-refractivity contribution in [3.05, 3.63) is 24.0 Å². The molecular weight excluding hydrogens is 237 g/mol. The largest absolute Gasteiger partial charge is 0.494 e. The van der Waals surface area contributed by atoms with E-state index in [0.29, 0.717) is 12.2 Å². The monoisotopic (exact) mass is 253 g/mol. The number of benzene rings is 1. The third-order valence-electron chi connectivity index (χ3n) is 3.25. The molecule has 5 heteroatoms. The third kappa shape index (κ3) is 2.39. The van der Waals surface area contributed by atoms with Gasteiger partial charge in [0.15, 0.2) is 11.6 Å². The van der Waals surface area contributed by atoms with Crippen LogP contribution in [-0.2, 0) is 9.53 Å². The Bertz CT molecular complexity index is 458. The van der Waals surface area contributed by atoms with Gasteiger partial charge in [-0.2, -0.15) is 0 Å². The predicted molar refractivity (Wildman–Crippen MR) is 65.1 cm³/mol. The Hall–Kier alpha value is -1.78. The second-order valence-electron chi connectivity index (χ2n) is 4.47. The molecule has 2 rings (SSSR count). The first kappa shape index (κ1) is 12.7. The molecule has 0 heterocycles. The van der Waals surface area contributed by atoms with Crippen LogP contribution in [0.5, 0.6) is 5.75 Å². The molecule has 0 bridgehead atoms. The van der Waals surface area contributed by atoms with Gasteiger partial charge in [-0.25, -0.2) is 4.39 Å². The Balaban J connectivity index is 1.99. The number of nitrogens with one attached hydrogen (secondary N) is 1. The summed E-state index contributed by atoms with van der Waals surface area (Å²) >= 11 is 0. The summed E-state index contributed by atoms with van der Waals surface area (Å²) in [7, 11) is 2.80. The third-order valence-corrected chi connectivity index (χ3v) is 3.25. The molecule has 1 aromatic carbocycles. The van der Waals surface area contributed by atoms with Crippen LogP contribution in [0.3, 0.4) is 0 Å². The highest BCUT2D eigenvalue weighted by Crippen LogP contribution is 2.46. The average Bonchev–Trinajstić information content (AvgIpc) is 3.17. The Morgan fingerprint density at radius 3 is 2.67 bits per heavy atom. The topological polar surface area (TPSA) is 47.6 Å². The van der Waals surface area contributed by atoms with Crippen LogP contribution in [-0.4, -0.2) is 26.7 Å². The molecule has 0 saturated heterocycles. The molecule has 4 nitrogen and oxygen atoms in total. The van der Waals surface area contributed by atoms with E-state index in [9.17, 15) is 9.18 Å². The lowest BCUT2D eigenvalue weighted by Gasteiger charge is -2.14. The van der Waals surface area contributed by atoms with E-state index in [0.717, 1.165) is 12.8 Å². The molecule has 1 aromatic rings. The fourth-order valence-electron chi connectivity index (χ4n) is 1.87. The molecule has 0 unspecified atom stereocenters. The second-order valence-corrected chi connectivity index (χ2v) is 4.47. The van der Waals surface area contributed by atoms with Crippen LogP contribution in [0.1, 0.15) is 12.8 Å². The van der Waals surface area contributed by atoms with E-state index in [-0.39, 0.29) is 11.7 Å². The zero-order valence-corrected chi connectivity index (χ0v) is 10.5. The Morgan fingerprint density at radius 2 is 2.17 bits per heavy atom. The van der Waals surface area contributed by atoms with Crippen molar-refractivity contribution in [2.75, 3.05) is 26.1 Å². The van der Waals surface area contributed by atoms with E-state index in [2.05, 4.69) is 5.32 Å². The highest BCUT2D eigenvalue weighted by molar-refractivity contribution is 5.80. The number of esters is 1. The first-order valence-electron chi connectivity index (χ1n) is 5.77. The predicted octanol–water partition coefficient (Wildman–Crippen LogP) is 2.20. The zero-order chi connectivity index (χ0) is 13.2. The molecule has 1 fully saturated rings. The molecule has 0 aliphatic heterocycles. The van der Waals surface area contributed by atoms with Crippen molar-refractivity contribution in [2.24, 2.45) is 5.41 Å². The van der Waals surface area contributed by atoms with Gasteiger partial charge >= 0.3 is 5.97 Å². The molecule has 98 valence electrons. The number of carbonyl (C=O) groups is 1. The molecule has 1 aliphatic rings. The normalized spacial score (nSPS) is 15.9. The molecule has 1 N–H and O–H groups in total. The van der Waals surface area contributed by atoms with Crippen LogP contribution < -0.4 is 10.1 Å². The van der Waals surface area contributed by atoms with Gasteiger partial charge in [-0.3, -0.25) is 4.79 Å². The fourth-order valence-corrected chi connectivity index (χ4v) is 1.87. The summed E-state index contributed by atoms with van der Waals surface area (Å²) in [6.45, 7) is 0.464. The highest BCUT2D eigenvalue weighted by atomic mass is 19.1. The summed E-state index contributed by atoms with van der Waals surface area (Å²) < 4.78 is 23.0. The van der Waals surface area contributed by atoms with Gasteiger partial charge < -0.3 is 14.8 Å². The number of carbonyl (C=O) groups excluding carboxylic acids is 1. The molecule has 0 atom stereocenters. The van der Waals surface area contributed by atoms with E-state index < -0.39 is 11.2 Å². The minimum atomic E-state index is -0.426. The van der Waals surface area contributed by atoms with Crippen molar-refractivity contribution in [1.82, 2.24) is 0 Å². The molecule has 0 amide bonds. The van der Waals surface area contributed by atoms with Crippen molar-refractivity contribution in [1.29, 1.82) is 0 Å². The summed E-state index contributed by atoms with van der Waals surface area (Å²) in [4.78, 5) is 11.5. The molecule has 1 aliphatic carbocycles. The van der Waals surface area contributed by atoms with Crippen molar-refractivity contribution in [3.8, 4) is 5.75 Å². The minimum absolute atomic E-state index is 0.203. The minimum Gasteiger partial charge on any atom is -0.494 e.